The minimum Gasteiger partial charge on any atom is -0.469 e. The van der Waals surface area contributed by atoms with Gasteiger partial charge < -0.3 is 20.3 Å². The Kier molecular flexibility index (Phi) is 5.71. The second kappa shape index (κ2) is 8.75. The van der Waals surface area contributed by atoms with E-state index in [1.165, 1.54) is 16.4 Å². The zero-order valence-corrected chi connectivity index (χ0v) is 16.9. The molecule has 3 N–H and O–H groups in total. The van der Waals surface area contributed by atoms with Gasteiger partial charge in [0.05, 0.1) is 23.3 Å². The Hall–Kier alpha value is -3.72. The molecule has 0 saturated heterocycles. The van der Waals surface area contributed by atoms with Gasteiger partial charge in [0, 0.05) is 0 Å². The molecule has 0 aliphatic carbocycles. The number of carbonyl (C=O) groups is 1. The average molecular weight is 421 g/mol. The number of aromatic nitrogens is 3. The first kappa shape index (κ1) is 19.6. The maximum atomic E-state index is 12.5. The predicted molar refractivity (Wildman–Crippen MR) is 115 cm³/mol. The number of rotatable bonds is 7. The van der Waals surface area contributed by atoms with E-state index < -0.39 is 0 Å². The monoisotopic (exact) mass is 421 g/mol. The topological polar surface area (TPSA) is 108 Å². The number of aryl methyl sites for hydroxylation is 1. The first-order valence-electron chi connectivity index (χ1n) is 9.11. The number of anilines is 1. The second-order valence-corrected chi connectivity index (χ2v) is 7.26. The molecule has 0 fully saturated rings. The number of ether oxygens (including phenoxy) is 1. The van der Waals surface area contributed by atoms with Crippen molar-refractivity contribution in [3.05, 3.63) is 72.7 Å². The maximum absolute atomic E-state index is 12.5. The number of benzene rings is 2. The number of nitrogens with one attached hydrogen (secondary N) is 1. The van der Waals surface area contributed by atoms with Crippen molar-refractivity contribution in [2.75, 3.05) is 16.9 Å². The Labute approximate surface area is 177 Å². The highest BCUT2D eigenvalue weighted by Gasteiger charge is 2.17. The van der Waals surface area contributed by atoms with Crippen LogP contribution in [-0.4, -0.2) is 26.5 Å². The number of hydrogen-bond donors (Lipinski definition) is 2. The number of furan rings is 1. The minimum atomic E-state index is -0.215. The predicted octanol–water partition coefficient (Wildman–Crippen LogP) is 4.08. The summed E-state index contributed by atoms with van der Waals surface area (Å²) in [4.78, 5) is 12.5. The van der Waals surface area contributed by atoms with E-state index in [9.17, 15) is 4.79 Å². The smallest absolute Gasteiger partial charge is 0.234 e. The molecule has 30 heavy (non-hydrogen) atoms. The number of nitrogens with two attached hydrogens (primary N) is 1. The SMILES string of the molecule is Cc1occc1-c1nnc(SCC(=O)Nc2ccccc2Oc2ccccc2)n1N. The summed E-state index contributed by atoms with van der Waals surface area (Å²) in [7, 11) is 0. The van der Waals surface area contributed by atoms with Gasteiger partial charge in [-0.2, -0.15) is 0 Å². The fourth-order valence-corrected chi connectivity index (χ4v) is 3.42. The third kappa shape index (κ3) is 4.31. The van der Waals surface area contributed by atoms with Gasteiger partial charge >= 0.3 is 0 Å². The molecule has 0 atom stereocenters. The van der Waals surface area contributed by atoms with E-state index in [4.69, 9.17) is 15.0 Å². The lowest BCUT2D eigenvalue weighted by Gasteiger charge is -2.12. The van der Waals surface area contributed by atoms with Crippen LogP contribution in [0.1, 0.15) is 5.76 Å². The highest BCUT2D eigenvalue weighted by atomic mass is 32.2. The van der Waals surface area contributed by atoms with Crippen molar-refractivity contribution < 1.29 is 13.9 Å². The molecule has 1 amide bonds. The molecular formula is C21H19N5O3S. The molecular weight excluding hydrogens is 402 g/mol. The van der Waals surface area contributed by atoms with Crippen molar-refractivity contribution >= 4 is 23.4 Å². The Bertz CT molecular complexity index is 1160. The van der Waals surface area contributed by atoms with Crippen LogP contribution in [0.3, 0.4) is 0 Å². The van der Waals surface area contributed by atoms with Gasteiger partial charge in [0.1, 0.15) is 11.5 Å². The summed E-state index contributed by atoms with van der Waals surface area (Å²) in [6, 6.07) is 18.4. The molecule has 0 unspecified atom stereocenters. The van der Waals surface area contributed by atoms with E-state index in [2.05, 4.69) is 15.5 Å². The van der Waals surface area contributed by atoms with Gasteiger partial charge in [-0.05, 0) is 37.3 Å². The van der Waals surface area contributed by atoms with Crippen LogP contribution < -0.4 is 15.9 Å². The van der Waals surface area contributed by atoms with E-state index in [0.29, 0.717) is 33.9 Å². The van der Waals surface area contributed by atoms with E-state index in [1.54, 1.807) is 24.5 Å². The number of amides is 1. The van der Waals surface area contributed by atoms with Gasteiger partial charge in [-0.15, -0.1) is 10.2 Å². The summed E-state index contributed by atoms with van der Waals surface area (Å²) in [6.45, 7) is 1.82. The zero-order valence-electron chi connectivity index (χ0n) is 16.1. The largest absolute Gasteiger partial charge is 0.469 e. The average Bonchev–Trinajstić information content (AvgIpc) is 3.33. The Morgan fingerprint density at radius 3 is 2.67 bits per heavy atom. The van der Waals surface area contributed by atoms with Crippen molar-refractivity contribution in [1.82, 2.24) is 14.9 Å². The molecule has 2 heterocycles. The number of thioether (sulfide) groups is 1. The van der Waals surface area contributed by atoms with Crippen LogP contribution in [-0.2, 0) is 4.79 Å². The molecule has 4 aromatic rings. The van der Waals surface area contributed by atoms with Gasteiger partial charge in [-0.25, -0.2) is 4.68 Å². The molecule has 9 heteroatoms. The van der Waals surface area contributed by atoms with Gasteiger partial charge in [0.15, 0.2) is 11.6 Å². The second-order valence-electron chi connectivity index (χ2n) is 6.31. The van der Waals surface area contributed by atoms with Gasteiger partial charge in [0.2, 0.25) is 11.1 Å². The quantitative estimate of drug-likeness (QED) is 0.342. The first-order chi connectivity index (χ1) is 14.6. The fraction of sp³-hybridized carbons (Fsp3) is 0.0952. The summed E-state index contributed by atoms with van der Waals surface area (Å²) in [5.41, 5.74) is 1.34. The Balaban J connectivity index is 1.41. The van der Waals surface area contributed by atoms with Gasteiger partial charge in [-0.1, -0.05) is 42.1 Å². The van der Waals surface area contributed by atoms with Crippen LogP contribution >= 0.6 is 11.8 Å². The third-order valence-electron chi connectivity index (χ3n) is 4.23. The van der Waals surface area contributed by atoms with Crippen molar-refractivity contribution in [3.8, 4) is 22.9 Å². The maximum Gasteiger partial charge on any atom is 0.234 e. The molecule has 0 saturated carbocycles. The standard InChI is InChI=1S/C21H19N5O3S/c1-14-16(11-12-28-14)20-24-25-21(26(20)22)30-13-19(27)23-17-9-5-6-10-18(17)29-15-7-3-2-4-8-15/h2-12H,13,22H2,1H3,(H,23,27). The number of carbonyl (C=O) groups excluding carboxylic acids is 1. The highest BCUT2D eigenvalue weighted by molar-refractivity contribution is 7.99. The summed E-state index contributed by atoms with van der Waals surface area (Å²) >= 11 is 1.19. The molecule has 152 valence electrons. The normalized spacial score (nSPS) is 10.7. The van der Waals surface area contributed by atoms with E-state index >= 15 is 0 Å². The van der Waals surface area contributed by atoms with Gasteiger partial charge in [-0.3, -0.25) is 4.79 Å². The lowest BCUT2D eigenvalue weighted by atomic mass is 10.2. The fourth-order valence-electron chi connectivity index (χ4n) is 2.77. The van der Waals surface area contributed by atoms with Crippen molar-refractivity contribution in [3.63, 3.8) is 0 Å². The summed E-state index contributed by atoms with van der Waals surface area (Å²) < 4.78 is 12.5. The lowest BCUT2D eigenvalue weighted by molar-refractivity contribution is -0.113. The van der Waals surface area contributed by atoms with Crippen LogP contribution in [0.25, 0.3) is 11.4 Å². The van der Waals surface area contributed by atoms with Crippen LogP contribution in [0.4, 0.5) is 5.69 Å². The van der Waals surface area contributed by atoms with Crippen LogP contribution in [0.2, 0.25) is 0 Å². The van der Waals surface area contributed by atoms with E-state index in [-0.39, 0.29) is 11.7 Å². The Morgan fingerprint density at radius 1 is 1.13 bits per heavy atom. The molecule has 0 radical (unpaired) electrons. The summed E-state index contributed by atoms with van der Waals surface area (Å²) in [5, 5.41) is 11.5. The number of para-hydroxylation sites is 3. The van der Waals surface area contributed by atoms with Gasteiger partial charge in [0.25, 0.3) is 0 Å². The molecule has 8 nitrogen and oxygen atoms in total. The highest BCUT2D eigenvalue weighted by Crippen LogP contribution is 2.30. The molecule has 0 spiro atoms. The molecule has 0 aliphatic heterocycles. The van der Waals surface area contributed by atoms with Crippen molar-refractivity contribution in [2.45, 2.75) is 12.1 Å². The van der Waals surface area contributed by atoms with Crippen LogP contribution in [0.5, 0.6) is 11.5 Å². The molecule has 0 bridgehead atoms. The first-order valence-corrected chi connectivity index (χ1v) is 10.1. The molecule has 2 aromatic carbocycles. The lowest BCUT2D eigenvalue weighted by Crippen LogP contribution is -2.16. The molecule has 4 rings (SSSR count). The molecule has 2 aromatic heterocycles. The van der Waals surface area contributed by atoms with Crippen LogP contribution in [0, 0.1) is 6.92 Å². The molecule has 0 aliphatic rings. The minimum absolute atomic E-state index is 0.110. The summed E-state index contributed by atoms with van der Waals surface area (Å²) in [5.74, 6) is 8.40. The van der Waals surface area contributed by atoms with Crippen molar-refractivity contribution in [2.24, 2.45) is 0 Å². The zero-order chi connectivity index (χ0) is 20.9. The number of hydrogen-bond acceptors (Lipinski definition) is 7. The third-order valence-corrected chi connectivity index (χ3v) is 5.17. The summed E-state index contributed by atoms with van der Waals surface area (Å²) in [6.07, 6.45) is 1.56. The number of nitrogens with zero attached hydrogens (tertiary/aromatic N) is 3. The van der Waals surface area contributed by atoms with E-state index in [1.807, 2.05) is 49.4 Å². The van der Waals surface area contributed by atoms with Crippen molar-refractivity contribution in [1.29, 1.82) is 0 Å². The van der Waals surface area contributed by atoms with E-state index in [0.717, 1.165) is 5.56 Å². The Morgan fingerprint density at radius 2 is 1.90 bits per heavy atom. The van der Waals surface area contributed by atoms with Crippen LogP contribution in [0.15, 0.2) is 76.5 Å². The number of nitrogen functional groups attached to an aromatic ring is 1.